The molecule has 0 saturated carbocycles. The van der Waals surface area contributed by atoms with Crippen LogP contribution < -0.4 is 10.1 Å². The van der Waals surface area contributed by atoms with Gasteiger partial charge in [0.15, 0.2) is 0 Å². The largest absolute Gasteiger partial charge is 0.455 e. The lowest BCUT2D eigenvalue weighted by molar-refractivity contribution is -0.384. The molecule has 1 N–H and O–H groups in total. The van der Waals surface area contributed by atoms with Gasteiger partial charge in [-0.3, -0.25) is 15.4 Å². The smallest absolute Gasteiger partial charge is 0.271 e. The summed E-state index contributed by atoms with van der Waals surface area (Å²) in [5, 5.41) is 14.3. The maximum atomic E-state index is 11.8. The second-order valence-electron chi connectivity index (χ2n) is 6.30. The van der Waals surface area contributed by atoms with Gasteiger partial charge in [-0.2, -0.15) is 0 Å². The summed E-state index contributed by atoms with van der Waals surface area (Å²) >= 11 is 6.12. The fourth-order valence-corrected chi connectivity index (χ4v) is 3.46. The molecule has 0 fully saturated rings. The van der Waals surface area contributed by atoms with Crippen molar-refractivity contribution in [3.8, 4) is 11.5 Å². The molecule has 0 spiro atoms. The van der Waals surface area contributed by atoms with Crippen LogP contribution in [0, 0.1) is 10.1 Å². The quantitative estimate of drug-likeness (QED) is 0.430. The summed E-state index contributed by atoms with van der Waals surface area (Å²) in [7, 11) is 0. The fraction of sp³-hybridized carbons (Fsp3) is 0.316. The number of carbonyl (C=O) groups is 1. The number of unbranched alkanes of at least 4 members (excludes halogenated alkanes) is 1. The summed E-state index contributed by atoms with van der Waals surface area (Å²) in [4.78, 5) is 22.2. The Morgan fingerprint density at radius 3 is 2.81 bits per heavy atom. The molecule has 0 aromatic heterocycles. The Hall–Kier alpha value is -2.44. The normalized spacial score (nSPS) is 18.4. The van der Waals surface area contributed by atoms with Crippen molar-refractivity contribution < 1.29 is 14.5 Å². The van der Waals surface area contributed by atoms with Gasteiger partial charge in [0.2, 0.25) is 0 Å². The molecule has 0 saturated heterocycles. The number of aldehydes is 1. The highest BCUT2D eigenvalue weighted by Crippen LogP contribution is 2.41. The van der Waals surface area contributed by atoms with Crippen molar-refractivity contribution in [1.82, 2.24) is 5.32 Å². The predicted molar refractivity (Wildman–Crippen MR) is 98.7 cm³/mol. The number of nitro benzene ring substituents is 1. The summed E-state index contributed by atoms with van der Waals surface area (Å²) in [5.41, 5.74) is 1.03. The molecule has 0 aliphatic carbocycles. The van der Waals surface area contributed by atoms with Crippen LogP contribution in [0.5, 0.6) is 11.5 Å². The van der Waals surface area contributed by atoms with E-state index in [0.29, 0.717) is 18.0 Å². The monoisotopic (exact) mass is 374 g/mol. The first-order valence-corrected chi connectivity index (χ1v) is 8.84. The van der Waals surface area contributed by atoms with Gasteiger partial charge < -0.3 is 9.53 Å². The number of nitrogens with zero attached hydrogens (tertiary/aromatic N) is 1. The second-order valence-corrected chi connectivity index (χ2v) is 6.71. The third-order valence-corrected chi connectivity index (χ3v) is 4.96. The Balaban J connectivity index is 1.93. The molecule has 1 unspecified atom stereocenters. The molecule has 7 heteroatoms. The van der Waals surface area contributed by atoms with Gasteiger partial charge in [0.25, 0.3) is 5.69 Å². The van der Waals surface area contributed by atoms with Crippen LogP contribution in [0.2, 0.25) is 5.02 Å². The second kappa shape index (κ2) is 7.43. The lowest BCUT2D eigenvalue weighted by Gasteiger charge is -2.24. The number of benzene rings is 2. The Labute approximate surface area is 156 Å². The van der Waals surface area contributed by atoms with E-state index in [0.717, 1.165) is 36.7 Å². The number of hydrogen-bond acceptors (Lipinski definition) is 5. The standard InChI is InChI=1S/C19H19ClN2O4/c1-2-3-9-19(12-23)15-5-4-6-17(14(15)11-21-19)26-18-8-7-13(22(24)25)10-16(18)20/h4-8,10,12,21H,2-3,9,11H2,1H3. The van der Waals surface area contributed by atoms with Gasteiger partial charge in [-0.1, -0.05) is 43.5 Å². The van der Waals surface area contributed by atoms with E-state index in [-0.39, 0.29) is 10.7 Å². The van der Waals surface area contributed by atoms with Crippen LogP contribution in [0.4, 0.5) is 5.69 Å². The third kappa shape index (κ3) is 3.30. The van der Waals surface area contributed by atoms with Crippen molar-refractivity contribution in [2.45, 2.75) is 38.3 Å². The van der Waals surface area contributed by atoms with Crippen molar-refractivity contribution in [3.63, 3.8) is 0 Å². The summed E-state index contributed by atoms with van der Waals surface area (Å²) in [6.45, 7) is 2.60. The number of carbonyl (C=O) groups excluding carboxylic acids is 1. The number of fused-ring (bicyclic) bond motifs is 1. The van der Waals surface area contributed by atoms with Crippen LogP contribution in [0.3, 0.4) is 0 Å². The van der Waals surface area contributed by atoms with E-state index in [1.807, 2.05) is 12.1 Å². The van der Waals surface area contributed by atoms with E-state index < -0.39 is 10.5 Å². The first kappa shape index (κ1) is 18.4. The fourth-order valence-electron chi connectivity index (χ4n) is 3.25. The molecule has 1 atom stereocenters. The van der Waals surface area contributed by atoms with Crippen LogP contribution in [-0.2, 0) is 16.9 Å². The summed E-state index contributed by atoms with van der Waals surface area (Å²) in [5.74, 6) is 0.925. The maximum Gasteiger partial charge on any atom is 0.271 e. The molecule has 26 heavy (non-hydrogen) atoms. The molecular weight excluding hydrogens is 356 g/mol. The van der Waals surface area contributed by atoms with Crippen LogP contribution in [0.25, 0.3) is 0 Å². The minimum absolute atomic E-state index is 0.0955. The highest BCUT2D eigenvalue weighted by atomic mass is 35.5. The number of nitrogens with one attached hydrogen (secondary N) is 1. The van der Waals surface area contributed by atoms with Crippen LogP contribution in [0.1, 0.15) is 37.3 Å². The van der Waals surface area contributed by atoms with E-state index in [2.05, 4.69) is 12.2 Å². The summed E-state index contributed by atoms with van der Waals surface area (Å²) in [6, 6.07) is 9.66. The first-order chi connectivity index (χ1) is 12.5. The average molecular weight is 375 g/mol. The number of non-ortho nitro benzene ring substituents is 1. The van der Waals surface area contributed by atoms with Gasteiger partial charge >= 0.3 is 0 Å². The Kier molecular flexibility index (Phi) is 5.25. The Bertz CT molecular complexity index is 855. The lowest BCUT2D eigenvalue weighted by Crippen LogP contribution is -2.38. The third-order valence-electron chi connectivity index (χ3n) is 4.67. The van der Waals surface area contributed by atoms with Crippen molar-refractivity contribution in [1.29, 1.82) is 0 Å². The molecule has 1 aliphatic rings. The molecule has 0 bridgehead atoms. The van der Waals surface area contributed by atoms with Crippen molar-refractivity contribution in [2.24, 2.45) is 0 Å². The van der Waals surface area contributed by atoms with Crippen molar-refractivity contribution in [2.75, 3.05) is 0 Å². The highest BCUT2D eigenvalue weighted by Gasteiger charge is 2.39. The minimum Gasteiger partial charge on any atom is -0.455 e. The molecule has 2 aromatic rings. The van der Waals surface area contributed by atoms with Crippen molar-refractivity contribution >= 4 is 23.6 Å². The molecular formula is C19H19ClN2O4. The zero-order valence-electron chi connectivity index (χ0n) is 14.3. The van der Waals surface area contributed by atoms with Crippen molar-refractivity contribution in [3.05, 3.63) is 62.7 Å². The zero-order chi connectivity index (χ0) is 18.7. The highest BCUT2D eigenvalue weighted by molar-refractivity contribution is 6.32. The van der Waals surface area contributed by atoms with Gasteiger partial charge in [0.1, 0.15) is 23.3 Å². The molecule has 136 valence electrons. The average Bonchev–Trinajstić information content (AvgIpc) is 3.01. The van der Waals surface area contributed by atoms with Gasteiger partial charge in [-0.25, -0.2) is 0 Å². The van der Waals surface area contributed by atoms with E-state index in [1.165, 1.54) is 18.2 Å². The SMILES string of the molecule is CCCCC1(C=O)NCc2c(Oc3ccc([N+](=O)[O-])cc3Cl)cccc21. The number of rotatable bonds is 7. The van der Waals surface area contributed by atoms with Gasteiger partial charge in [0, 0.05) is 24.2 Å². The molecule has 3 rings (SSSR count). The summed E-state index contributed by atoms with van der Waals surface area (Å²) < 4.78 is 5.92. The molecule has 0 amide bonds. The molecule has 2 aromatic carbocycles. The van der Waals surface area contributed by atoms with Gasteiger partial charge in [-0.15, -0.1) is 0 Å². The van der Waals surface area contributed by atoms with Crippen LogP contribution >= 0.6 is 11.6 Å². The Morgan fingerprint density at radius 2 is 2.15 bits per heavy atom. The predicted octanol–water partition coefficient (Wildman–Crippen LogP) is 4.73. The maximum absolute atomic E-state index is 11.8. The minimum atomic E-state index is -0.690. The number of ether oxygens (including phenoxy) is 1. The molecule has 1 aliphatic heterocycles. The molecule has 1 heterocycles. The van der Waals surface area contributed by atoms with Crippen LogP contribution in [-0.4, -0.2) is 11.2 Å². The first-order valence-electron chi connectivity index (χ1n) is 8.46. The lowest BCUT2D eigenvalue weighted by atomic mass is 9.87. The Morgan fingerprint density at radius 1 is 1.35 bits per heavy atom. The molecule has 0 radical (unpaired) electrons. The van der Waals surface area contributed by atoms with E-state index in [9.17, 15) is 14.9 Å². The zero-order valence-corrected chi connectivity index (χ0v) is 15.1. The number of hydrogen-bond donors (Lipinski definition) is 1. The van der Waals surface area contributed by atoms with Gasteiger partial charge in [0.05, 0.1) is 9.95 Å². The topological polar surface area (TPSA) is 81.5 Å². The van der Waals surface area contributed by atoms with Crippen LogP contribution in [0.15, 0.2) is 36.4 Å². The van der Waals surface area contributed by atoms with Gasteiger partial charge in [-0.05, 0) is 24.1 Å². The number of nitro groups is 1. The van der Waals surface area contributed by atoms with E-state index in [1.54, 1.807) is 6.07 Å². The van der Waals surface area contributed by atoms with E-state index >= 15 is 0 Å². The summed E-state index contributed by atoms with van der Waals surface area (Å²) in [6.07, 6.45) is 3.63. The molecule has 6 nitrogen and oxygen atoms in total. The number of halogens is 1. The van der Waals surface area contributed by atoms with E-state index in [4.69, 9.17) is 16.3 Å².